The van der Waals surface area contributed by atoms with E-state index in [1.54, 1.807) is 12.1 Å². The molecular weight excluding hydrogens is 418 g/mol. The lowest BCUT2D eigenvalue weighted by molar-refractivity contribution is 0.0710. The fourth-order valence-corrected chi connectivity index (χ4v) is 4.24. The van der Waals surface area contributed by atoms with E-state index in [-0.39, 0.29) is 17.7 Å². The fraction of sp³-hybridized carbons (Fsp3) is 0.385. The molecule has 2 N–H and O–H groups in total. The lowest BCUT2D eigenvalue weighted by Gasteiger charge is -2.26. The molecule has 0 aliphatic carbocycles. The number of hydrogen-bond acceptors (Lipinski definition) is 5. The second kappa shape index (κ2) is 10.5. The molecule has 1 atom stereocenters. The Labute approximate surface area is 194 Å². The first-order chi connectivity index (χ1) is 16.2. The molecule has 0 fully saturated rings. The molecule has 4 rings (SSSR count). The minimum absolute atomic E-state index is 0.0991. The van der Waals surface area contributed by atoms with Gasteiger partial charge in [0.15, 0.2) is 0 Å². The highest BCUT2D eigenvalue weighted by Gasteiger charge is 2.42. The summed E-state index contributed by atoms with van der Waals surface area (Å²) in [6.07, 6.45) is 2.78. The highest BCUT2D eigenvalue weighted by atomic mass is 16.5. The summed E-state index contributed by atoms with van der Waals surface area (Å²) < 4.78 is 11.4. The van der Waals surface area contributed by atoms with Crippen LogP contribution in [0, 0.1) is 0 Å². The quantitative estimate of drug-likeness (QED) is 0.405. The maximum atomic E-state index is 13.4. The number of phenolic OH excluding ortho intramolecular Hbond substituents is 1. The third kappa shape index (κ3) is 4.73. The molecule has 2 aromatic carbocycles. The van der Waals surface area contributed by atoms with Gasteiger partial charge in [-0.1, -0.05) is 37.6 Å². The van der Waals surface area contributed by atoms with Gasteiger partial charge >= 0.3 is 0 Å². The van der Waals surface area contributed by atoms with Crippen molar-refractivity contribution in [2.24, 2.45) is 0 Å². The van der Waals surface area contributed by atoms with E-state index < -0.39 is 0 Å². The van der Waals surface area contributed by atoms with Crippen LogP contribution in [0.5, 0.6) is 11.5 Å². The molecule has 3 aromatic rings. The van der Waals surface area contributed by atoms with Crippen LogP contribution < -0.4 is 4.74 Å². The van der Waals surface area contributed by atoms with Crippen LogP contribution in [0.3, 0.4) is 0 Å². The number of fused-ring (bicyclic) bond motifs is 1. The zero-order chi connectivity index (χ0) is 23.2. The van der Waals surface area contributed by atoms with E-state index in [2.05, 4.69) is 17.1 Å². The Bertz CT molecular complexity index is 1090. The van der Waals surface area contributed by atoms with Gasteiger partial charge in [-0.25, -0.2) is 0 Å². The molecule has 0 bridgehead atoms. The van der Waals surface area contributed by atoms with Gasteiger partial charge in [0.05, 0.1) is 12.6 Å². The minimum atomic E-state index is -0.336. The Morgan fingerprint density at radius 3 is 2.73 bits per heavy atom. The van der Waals surface area contributed by atoms with Crippen molar-refractivity contribution >= 4 is 5.91 Å². The molecule has 0 radical (unpaired) electrons. The number of unbranched alkanes of at least 4 members (excludes halogenated alkanes) is 1. The second-order valence-electron chi connectivity index (χ2n) is 8.10. The molecule has 1 aromatic heterocycles. The highest BCUT2D eigenvalue weighted by molar-refractivity contribution is 6.00. The van der Waals surface area contributed by atoms with Gasteiger partial charge in [0.2, 0.25) is 0 Å². The van der Waals surface area contributed by atoms with Gasteiger partial charge in [0.25, 0.3) is 5.91 Å². The fourth-order valence-electron chi connectivity index (χ4n) is 4.24. The predicted molar refractivity (Wildman–Crippen MR) is 127 cm³/mol. The van der Waals surface area contributed by atoms with Crippen LogP contribution in [0.4, 0.5) is 0 Å². The van der Waals surface area contributed by atoms with Crippen LogP contribution in [0.2, 0.25) is 0 Å². The number of phenols is 1. The van der Waals surface area contributed by atoms with Crippen molar-refractivity contribution in [3.05, 3.63) is 65.4 Å². The number of aromatic hydroxyl groups is 1. The summed E-state index contributed by atoms with van der Waals surface area (Å²) in [7, 11) is 0. The van der Waals surface area contributed by atoms with Gasteiger partial charge in [-0.05, 0) is 49.6 Å². The summed E-state index contributed by atoms with van der Waals surface area (Å²) in [4.78, 5) is 15.2. The number of benzene rings is 2. The van der Waals surface area contributed by atoms with Gasteiger partial charge in [-0.3, -0.25) is 9.89 Å². The van der Waals surface area contributed by atoms with Crippen LogP contribution >= 0.6 is 0 Å². The van der Waals surface area contributed by atoms with E-state index in [0.29, 0.717) is 43.3 Å². The number of rotatable bonds is 11. The number of nitrogens with one attached hydrogen (secondary N) is 1. The molecule has 0 saturated heterocycles. The number of nitrogens with zero attached hydrogens (tertiary/aromatic N) is 2. The van der Waals surface area contributed by atoms with E-state index in [4.69, 9.17) is 9.47 Å². The molecule has 0 saturated carbocycles. The van der Waals surface area contributed by atoms with Crippen molar-refractivity contribution in [3.8, 4) is 22.8 Å². The predicted octanol–water partition coefficient (Wildman–Crippen LogP) is 4.93. The third-order valence-electron chi connectivity index (χ3n) is 5.86. The summed E-state index contributed by atoms with van der Waals surface area (Å²) in [5.41, 5.74) is 3.38. The van der Waals surface area contributed by atoms with Crippen LogP contribution in [0.1, 0.15) is 60.8 Å². The highest BCUT2D eigenvalue weighted by Crippen LogP contribution is 2.44. The van der Waals surface area contributed by atoms with Crippen molar-refractivity contribution in [2.75, 3.05) is 26.4 Å². The number of amides is 1. The number of carbonyl (C=O) groups excluding carboxylic acids is 1. The second-order valence-corrected chi connectivity index (χ2v) is 8.10. The lowest BCUT2D eigenvalue weighted by Crippen LogP contribution is -2.31. The first kappa shape index (κ1) is 22.9. The summed E-state index contributed by atoms with van der Waals surface area (Å²) in [5, 5.41) is 17.8. The SMILES string of the molecule is CCCCOc1cccc(C2c3c(-c4ccccc4O)n[nH]c3C(=O)N2CCCOCC)c1. The monoisotopic (exact) mass is 449 g/mol. The number of para-hydroxylation sites is 1. The molecule has 1 amide bonds. The molecule has 33 heavy (non-hydrogen) atoms. The van der Waals surface area contributed by atoms with Crippen LogP contribution in [0.25, 0.3) is 11.3 Å². The Hall–Kier alpha value is -3.32. The molecular formula is C26H31N3O4. The van der Waals surface area contributed by atoms with Crippen molar-refractivity contribution in [2.45, 2.75) is 39.2 Å². The average molecular weight is 450 g/mol. The molecule has 7 heteroatoms. The smallest absolute Gasteiger partial charge is 0.273 e. The first-order valence-electron chi connectivity index (χ1n) is 11.6. The van der Waals surface area contributed by atoms with Gasteiger partial charge in [0.1, 0.15) is 22.9 Å². The zero-order valence-corrected chi connectivity index (χ0v) is 19.2. The molecule has 1 aliphatic heterocycles. The first-order valence-corrected chi connectivity index (χ1v) is 11.6. The summed E-state index contributed by atoms with van der Waals surface area (Å²) in [6, 6.07) is 14.6. The molecule has 174 valence electrons. The van der Waals surface area contributed by atoms with Crippen LogP contribution in [-0.2, 0) is 4.74 Å². The number of carbonyl (C=O) groups is 1. The Morgan fingerprint density at radius 1 is 1.09 bits per heavy atom. The molecule has 2 heterocycles. The van der Waals surface area contributed by atoms with E-state index >= 15 is 0 Å². The number of hydrogen-bond donors (Lipinski definition) is 2. The van der Waals surface area contributed by atoms with Crippen molar-refractivity contribution < 1.29 is 19.4 Å². The van der Waals surface area contributed by atoms with E-state index in [9.17, 15) is 9.90 Å². The van der Waals surface area contributed by atoms with Gasteiger partial charge in [-0.15, -0.1) is 0 Å². The summed E-state index contributed by atoms with van der Waals surface area (Å²) in [5.74, 6) is 0.811. The molecule has 1 aliphatic rings. The molecule has 1 unspecified atom stereocenters. The Morgan fingerprint density at radius 2 is 1.94 bits per heavy atom. The Balaban J connectivity index is 1.74. The number of aromatic nitrogens is 2. The van der Waals surface area contributed by atoms with Gasteiger partial charge < -0.3 is 19.5 Å². The topological polar surface area (TPSA) is 87.7 Å². The largest absolute Gasteiger partial charge is 0.507 e. The lowest BCUT2D eigenvalue weighted by atomic mass is 9.95. The molecule has 7 nitrogen and oxygen atoms in total. The summed E-state index contributed by atoms with van der Waals surface area (Å²) >= 11 is 0. The number of ether oxygens (including phenoxy) is 2. The standard InChI is InChI=1S/C26H31N3O4/c1-3-5-16-33-19-11-8-10-18(17-19)25-22-23(20-12-6-7-13-21(20)30)27-28-24(22)26(31)29(25)14-9-15-32-4-2/h6-8,10-13,17,25,30H,3-5,9,14-16H2,1-2H3,(H,27,28). The van der Waals surface area contributed by atoms with E-state index in [1.165, 1.54) is 0 Å². The van der Waals surface area contributed by atoms with Crippen molar-refractivity contribution in [1.29, 1.82) is 0 Å². The van der Waals surface area contributed by atoms with E-state index in [1.807, 2.05) is 48.2 Å². The van der Waals surface area contributed by atoms with Crippen LogP contribution in [-0.4, -0.2) is 52.5 Å². The molecule has 0 spiro atoms. The summed E-state index contributed by atoms with van der Waals surface area (Å²) in [6.45, 7) is 6.53. The average Bonchev–Trinajstić information content (AvgIpc) is 3.36. The van der Waals surface area contributed by atoms with Gasteiger partial charge in [-0.2, -0.15) is 5.10 Å². The third-order valence-corrected chi connectivity index (χ3v) is 5.86. The number of aromatic amines is 1. The van der Waals surface area contributed by atoms with Crippen LogP contribution in [0.15, 0.2) is 48.5 Å². The van der Waals surface area contributed by atoms with E-state index in [0.717, 1.165) is 36.1 Å². The maximum Gasteiger partial charge on any atom is 0.273 e. The minimum Gasteiger partial charge on any atom is -0.507 e. The normalized spacial score (nSPS) is 15.2. The van der Waals surface area contributed by atoms with Crippen molar-refractivity contribution in [1.82, 2.24) is 15.1 Å². The number of H-pyrrole nitrogens is 1. The van der Waals surface area contributed by atoms with Crippen molar-refractivity contribution in [3.63, 3.8) is 0 Å². The van der Waals surface area contributed by atoms with Gasteiger partial charge in [0, 0.05) is 30.9 Å². The zero-order valence-electron chi connectivity index (χ0n) is 19.2. The maximum absolute atomic E-state index is 13.4. The Kier molecular flexibility index (Phi) is 7.29.